The average molecular weight is 358 g/mol. The van der Waals surface area contributed by atoms with E-state index < -0.39 is 11.2 Å². The molecule has 1 aliphatic rings. The van der Waals surface area contributed by atoms with Crippen LogP contribution in [-0.4, -0.2) is 20.2 Å². The minimum Gasteiger partial charge on any atom is -0.481 e. The van der Waals surface area contributed by atoms with Crippen molar-refractivity contribution in [2.24, 2.45) is 0 Å². The second kappa shape index (κ2) is 4.56. The van der Waals surface area contributed by atoms with E-state index in [4.69, 9.17) is 9.15 Å². The van der Waals surface area contributed by atoms with Gasteiger partial charge in [0.1, 0.15) is 22.5 Å². The molecule has 132 valence electrons. The Bertz CT molecular complexity index is 1460. The van der Waals surface area contributed by atoms with Crippen LogP contribution in [0.15, 0.2) is 46.0 Å². The largest absolute Gasteiger partial charge is 0.481 e. The number of hydrogen-bond acceptors (Lipinski definition) is 5. The smallest absolute Gasteiger partial charge is 0.360 e. The maximum atomic E-state index is 12.8. The number of ether oxygens (including phenoxy) is 1. The van der Waals surface area contributed by atoms with Gasteiger partial charge in [-0.25, -0.2) is 4.79 Å². The molecule has 7 nitrogen and oxygen atoms in total. The molecule has 7 heteroatoms. The van der Waals surface area contributed by atoms with Gasteiger partial charge in [0.2, 0.25) is 0 Å². The molecule has 0 saturated heterocycles. The highest BCUT2D eigenvalue weighted by Crippen LogP contribution is 2.48. The maximum Gasteiger partial charge on any atom is 0.360 e. The van der Waals surface area contributed by atoms with Crippen molar-refractivity contribution in [3.05, 3.63) is 52.8 Å². The fourth-order valence-corrected chi connectivity index (χ4v) is 4.16. The van der Waals surface area contributed by atoms with Crippen LogP contribution in [0, 0.1) is 0 Å². The summed E-state index contributed by atoms with van der Waals surface area (Å²) in [4.78, 5) is 20.3. The molecule has 0 unspecified atom stereocenters. The minimum atomic E-state index is -0.643. The van der Waals surface area contributed by atoms with E-state index in [1.807, 2.05) is 32.0 Å². The van der Waals surface area contributed by atoms with Gasteiger partial charge in [0.05, 0.1) is 29.0 Å². The van der Waals surface area contributed by atoms with Crippen molar-refractivity contribution >= 4 is 32.8 Å². The lowest BCUT2D eigenvalue weighted by Crippen LogP contribution is -2.29. The van der Waals surface area contributed by atoms with Crippen LogP contribution >= 0.6 is 0 Å². The van der Waals surface area contributed by atoms with Gasteiger partial charge in [-0.3, -0.25) is 10.1 Å². The highest BCUT2D eigenvalue weighted by atomic mass is 16.5. The SMILES string of the molecule is CC1(C)Oc2cnccc2-c2[nH]c3c(=O)oc4c5cn[nH]c5ccc4c3c21. The molecule has 1 aromatic carbocycles. The van der Waals surface area contributed by atoms with Crippen molar-refractivity contribution in [3.63, 3.8) is 0 Å². The lowest BCUT2D eigenvalue weighted by Gasteiger charge is -2.33. The Labute approximate surface area is 152 Å². The third-order valence-corrected chi connectivity index (χ3v) is 5.26. The van der Waals surface area contributed by atoms with Gasteiger partial charge in [0, 0.05) is 28.1 Å². The fraction of sp³-hybridized carbons (Fsp3) is 0.150. The van der Waals surface area contributed by atoms with E-state index in [1.165, 1.54) is 0 Å². The van der Waals surface area contributed by atoms with Crippen molar-refractivity contribution in [1.82, 2.24) is 20.2 Å². The maximum absolute atomic E-state index is 12.8. The number of H-pyrrole nitrogens is 2. The lowest BCUT2D eigenvalue weighted by atomic mass is 9.88. The van der Waals surface area contributed by atoms with E-state index in [0.717, 1.165) is 38.5 Å². The molecule has 5 heterocycles. The molecule has 5 aromatic rings. The van der Waals surface area contributed by atoms with Gasteiger partial charge in [-0.15, -0.1) is 0 Å². The standard InChI is InChI=1S/C20H14N4O3/c1-20(2)15-14-10-3-4-12-11(7-22-24-12)18(10)26-19(25)17(14)23-16(15)9-5-6-21-8-13(9)27-20/h3-8,23H,1-2H3,(H,22,24). The first kappa shape index (κ1) is 14.5. The van der Waals surface area contributed by atoms with Crippen molar-refractivity contribution < 1.29 is 9.15 Å². The van der Waals surface area contributed by atoms with Gasteiger partial charge in [0.15, 0.2) is 0 Å². The van der Waals surface area contributed by atoms with Crippen LogP contribution in [0.4, 0.5) is 0 Å². The van der Waals surface area contributed by atoms with Crippen LogP contribution in [-0.2, 0) is 5.60 Å². The Balaban J connectivity index is 1.88. The third-order valence-electron chi connectivity index (χ3n) is 5.26. The molecule has 0 saturated carbocycles. The Morgan fingerprint density at radius 1 is 1.11 bits per heavy atom. The molecular formula is C20H14N4O3. The van der Waals surface area contributed by atoms with E-state index in [0.29, 0.717) is 16.8 Å². The molecule has 0 aliphatic carbocycles. The summed E-state index contributed by atoms with van der Waals surface area (Å²) in [6.07, 6.45) is 5.08. The summed E-state index contributed by atoms with van der Waals surface area (Å²) in [6.45, 7) is 3.98. The number of nitrogens with one attached hydrogen (secondary N) is 2. The first-order valence-electron chi connectivity index (χ1n) is 8.63. The Morgan fingerprint density at radius 2 is 2.00 bits per heavy atom. The molecule has 27 heavy (non-hydrogen) atoms. The Morgan fingerprint density at radius 3 is 2.89 bits per heavy atom. The second-order valence-electron chi connectivity index (χ2n) is 7.27. The zero-order valence-corrected chi connectivity index (χ0v) is 14.6. The summed E-state index contributed by atoms with van der Waals surface area (Å²) in [5.41, 5.74) is 3.42. The summed E-state index contributed by atoms with van der Waals surface area (Å²) in [6, 6.07) is 5.78. The molecule has 0 bridgehead atoms. The number of hydrogen-bond donors (Lipinski definition) is 2. The molecular weight excluding hydrogens is 344 g/mol. The molecule has 0 amide bonds. The quantitative estimate of drug-likeness (QED) is 0.410. The first-order valence-corrected chi connectivity index (χ1v) is 8.63. The third kappa shape index (κ3) is 1.73. The predicted octanol–water partition coefficient (Wildman–Crippen LogP) is 3.84. The number of pyridine rings is 1. The summed E-state index contributed by atoms with van der Waals surface area (Å²) in [5, 5.41) is 9.44. The van der Waals surface area contributed by atoms with E-state index >= 15 is 0 Å². The van der Waals surface area contributed by atoms with Gasteiger partial charge in [-0.05, 0) is 32.0 Å². The summed E-state index contributed by atoms with van der Waals surface area (Å²) < 4.78 is 11.9. The van der Waals surface area contributed by atoms with Crippen molar-refractivity contribution in [2.45, 2.75) is 19.4 Å². The normalized spacial score (nSPS) is 15.0. The average Bonchev–Trinajstić information content (AvgIpc) is 3.27. The molecule has 1 aliphatic heterocycles. The van der Waals surface area contributed by atoms with Gasteiger partial charge >= 0.3 is 5.63 Å². The zero-order valence-electron chi connectivity index (χ0n) is 14.6. The van der Waals surface area contributed by atoms with E-state index in [2.05, 4.69) is 20.2 Å². The number of fused-ring (bicyclic) bond motifs is 9. The van der Waals surface area contributed by atoms with Gasteiger partial charge in [-0.1, -0.05) is 0 Å². The van der Waals surface area contributed by atoms with Crippen molar-refractivity contribution in [3.8, 4) is 17.0 Å². The first-order chi connectivity index (χ1) is 13.0. The highest BCUT2D eigenvalue weighted by molar-refractivity contribution is 6.15. The van der Waals surface area contributed by atoms with Crippen molar-refractivity contribution in [2.75, 3.05) is 0 Å². The van der Waals surface area contributed by atoms with E-state index in [-0.39, 0.29) is 0 Å². The van der Waals surface area contributed by atoms with Crippen LogP contribution in [0.5, 0.6) is 5.75 Å². The summed E-state index contributed by atoms with van der Waals surface area (Å²) >= 11 is 0. The van der Waals surface area contributed by atoms with Gasteiger partial charge in [0.25, 0.3) is 0 Å². The van der Waals surface area contributed by atoms with Gasteiger partial charge < -0.3 is 14.1 Å². The summed E-state index contributed by atoms with van der Waals surface area (Å²) in [5.74, 6) is 0.687. The fourth-order valence-electron chi connectivity index (χ4n) is 4.16. The monoisotopic (exact) mass is 358 g/mol. The van der Waals surface area contributed by atoms with Crippen molar-refractivity contribution in [1.29, 1.82) is 0 Å². The molecule has 6 rings (SSSR count). The van der Waals surface area contributed by atoms with Crippen LogP contribution < -0.4 is 10.4 Å². The molecule has 2 N–H and O–H groups in total. The van der Waals surface area contributed by atoms with E-state index in [9.17, 15) is 4.79 Å². The van der Waals surface area contributed by atoms with Crippen LogP contribution in [0.2, 0.25) is 0 Å². The molecule has 0 radical (unpaired) electrons. The molecule has 0 spiro atoms. The van der Waals surface area contributed by atoms with Gasteiger partial charge in [-0.2, -0.15) is 5.10 Å². The number of aromatic amines is 2. The Hall–Kier alpha value is -3.61. The second-order valence-corrected chi connectivity index (χ2v) is 7.27. The minimum absolute atomic E-state index is 0.410. The van der Waals surface area contributed by atoms with Crippen LogP contribution in [0.3, 0.4) is 0 Å². The van der Waals surface area contributed by atoms with Crippen LogP contribution in [0.25, 0.3) is 44.0 Å². The molecule has 0 fully saturated rings. The number of rotatable bonds is 0. The van der Waals surface area contributed by atoms with Crippen LogP contribution in [0.1, 0.15) is 19.4 Å². The number of nitrogens with zero attached hydrogens (tertiary/aromatic N) is 2. The zero-order chi connectivity index (χ0) is 18.3. The topological polar surface area (TPSA) is 96.8 Å². The predicted molar refractivity (Wildman–Crippen MR) is 101 cm³/mol. The number of benzene rings is 1. The highest BCUT2D eigenvalue weighted by Gasteiger charge is 2.37. The van der Waals surface area contributed by atoms with E-state index in [1.54, 1.807) is 18.6 Å². The molecule has 4 aromatic heterocycles. The Kier molecular flexibility index (Phi) is 2.46. The molecule has 0 atom stereocenters. The lowest BCUT2D eigenvalue weighted by molar-refractivity contribution is 0.107. The number of aromatic nitrogens is 4. The summed E-state index contributed by atoms with van der Waals surface area (Å²) in [7, 11) is 0.